The van der Waals surface area contributed by atoms with Crippen LogP contribution in [-0.2, 0) is 0 Å². The summed E-state index contributed by atoms with van der Waals surface area (Å²) >= 11 is 0. The van der Waals surface area contributed by atoms with Crippen LogP contribution in [0.1, 0.15) is 41.5 Å². The minimum Gasteiger partial charge on any atom is -0.395 e. The molecule has 0 bridgehead atoms. The largest absolute Gasteiger partial charge is 0.433 e. The quantitative estimate of drug-likeness (QED) is 0.671. The Morgan fingerprint density at radius 2 is 2.08 bits per heavy atom. The van der Waals surface area contributed by atoms with Gasteiger partial charge in [0.05, 0.1) is 12.2 Å². The smallest absolute Gasteiger partial charge is 0.395 e. The van der Waals surface area contributed by atoms with Gasteiger partial charge in [0.15, 0.2) is 5.76 Å². The maximum Gasteiger partial charge on any atom is 0.433 e. The second-order valence-electron chi connectivity index (χ2n) is 5.85. The van der Waals surface area contributed by atoms with E-state index in [1.54, 1.807) is 4.90 Å². The summed E-state index contributed by atoms with van der Waals surface area (Å²) in [6, 6.07) is 11.7. The van der Waals surface area contributed by atoms with Crippen LogP contribution in [0, 0.1) is 10.1 Å². The van der Waals surface area contributed by atoms with Gasteiger partial charge in [-0.2, -0.15) is 0 Å². The molecule has 2 atom stereocenters. The molecule has 0 radical (unpaired) electrons. The molecule has 1 aliphatic heterocycles. The number of hydrogen-bond acceptors (Lipinski definition) is 5. The first-order valence-corrected chi connectivity index (χ1v) is 7.84. The number of likely N-dealkylation sites (tertiary alicyclic amines) is 1. The van der Waals surface area contributed by atoms with Crippen molar-refractivity contribution in [1.82, 2.24) is 4.90 Å². The van der Waals surface area contributed by atoms with Crippen LogP contribution < -0.4 is 0 Å². The molecule has 0 saturated carbocycles. The first-order chi connectivity index (χ1) is 11.6. The number of rotatable bonds is 5. The zero-order valence-corrected chi connectivity index (χ0v) is 13.0. The van der Waals surface area contributed by atoms with Gasteiger partial charge in [-0.15, -0.1) is 0 Å². The highest BCUT2D eigenvalue weighted by molar-refractivity contribution is 5.92. The number of benzene rings is 1. The Labute approximate surface area is 138 Å². The fourth-order valence-corrected chi connectivity index (χ4v) is 3.10. The zero-order chi connectivity index (χ0) is 17.1. The van der Waals surface area contributed by atoms with Crippen molar-refractivity contribution in [2.75, 3.05) is 6.54 Å². The maximum absolute atomic E-state index is 12.5. The van der Waals surface area contributed by atoms with Gasteiger partial charge in [-0.25, -0.2) is 0 Å². The van der Waals surface area contributed by atoms with E-state index in [0.717, 1.165) is 18.4 Å². The first kappa shape index (κ1) is 16.2. The Hall–Kier alpha value is -2.67. The Morgan fingerprint density at radius 1 is 1.33 bits per heavy atom. The SMILES string of the molecule is O=C(c1ccc([N+](=O)[O-])o1)N1CCC[C@@H]1C[C@H](O)c1ccccc1. The van der Waals surface area contributed by atoms with Gasteiger partial charge in [0.2, 0.25) is 0 Å². The number of aliphatic hydroxyl groups is 1. The molecule has 3 rings (SSSR count). The van der Waals surface area contributed by atoms with Crippen LogP contribution in [0.3, 0.4) is 0 Å². The van der Waals surface area contributed by atoms with E-state index >= 15 is 0 Å². The summed E-state index contributed by atoms with van der Waals surface area (Å²) in [5, 5.41) is 21.1. The molecule has 1 N–H and O–H groups in total. The Morgan fingerprint density at radius 3 is 2.75 bits per heavy atom. The highest BCUT2D eigenvalue weighted by atomic mass is 16.6. The van der Waals surface area contributed by atoms with Crippen molar-refractivity contribution in [3.63, 3.8) is 0 Å². The molecule has 24 heavy (non-hydrogen) atoms. The molecular weight excluding hydrogens is 312 g/mol. The normalized spacial score (nSPS) is 18.5. The summed E-state index contributed by atoms with van der Waals surface area (Å²) < 4.78 is 5.00. The molecular formula is C17H18N2O5. The van der Waals surface area contributed by atoms with E-state index in [0.29, 0.717) is 13.0 Å². The monoisotopic (exact) mass is 330 g/mol. The van der Waals surface area contributed by atoms with Crippen molar-refractivity contribution >= 4 is 11.8 Å². The molecule has 7 nitrogen and oxygen atoms in total. The minimum absolute atomic E-state index is 0.0391. The molecule has 1 fully saturated rings. The Kier molecular flexibility index (Phi) is 4.61. The lowest BCUT2D eigenvalue weighted by molar-refractivity contribution is -0.402. The number of amides is 1. The van der Waals surface area contributed by atoms with Crippen LogP contribution in [0.2, 0.25) is 0 Å². The summed E-state index contributed by atoms with van der Waals surface area (Å²) in [7, 11) is 0. The summed E-state index contributed by atoms with van der Waals surface area (Å²) in [4.78, 5) is 24.2. The van der Waals surface area contributed by atoms with E-state index in [1.807, 2.05) is 30.3 Å². The van der Waals surface area contributed by atoms with Gasteiger partial charge in [-0.1, -0.05) is 30.3 Å². The molecule has 0 aliphatic carbocycles. The zero-order valence-electron chi connectivity index (χ0n) is 13.0. The van der Waals surface area contributed by atoms with E-state index < -0.39 is 16.9 Å². The standard InChI is InChI=1S/C17H18N2O5/c20-14(12-5-2-1-3-6-12)11-13-7-4-10-18(13)17(21)15-8-9-16(24-15)19(22)23/h1-3,5-6,8-9,13-14,20H,4,7,10-11H2/t13-,14+/m1/s1. The molecule has 7 heteroatoms. The lowest BCUT2D eigenvalue weighted by atomic mass is 10.0. The summed E-state index contributed by atoms with van der Waals surface area (Å²) in [6.07, 6.45) is 1.40. The number of carbonyl (C=O) groups excluding carboxylic acids is 1. The van der Waals surface area contributed by atoms with Crippen molar-refractivity contribution in [3.05, 3.63) is 63.9 Å². The summed E-state index contributed by atoms with van der Waals surface area (Å²) in [6.45, 7) is 0.555. The minimum atomic E-state index is -0.669. The number of nitrogens with zero attached hydrogens (tertiary/aromatic N) is 2. The average molecular weight is 330 g/mol. The number of carbonyl (C=O) groups is 1. The van der Waals surface area contributed by atoms with E-state index in [-0.39, 0.29) is 17.7 Å². The van der Waals surface area contributed by atoms with Gasteiger partial charge < -0.3 is 14.4 Å². The van der Waals surface area contributed by atoms with Crippen molar-refractivity contribution in [2.24, 2.45) is 0 Å². The van der Waals surface area contributed by atoms with Crippen molar-refractivity contribution in [1.29, 1.82) is 0 Å². The molecule has 0 unspecified atom stereocenters. The summed E-state index contributed by atoms with van der Waals surface area (Å²) in [5.41, 5.74) is 0.811. The first-order valence-electron chi connectivity index (χ1n) is 7.84. The molecule has 0 spiro atoms. The van der Waals surface area contributed by atoms with Gasteiger partial charge in [0.1, 0.15) is 4.92 Å². The van der Waals surface area contributed by atoms with Crippen molar-refractivity contribution in [2.45, 2.75) is 31.4 Å². The van der Waals surface area contributed by atoms with Gasteiger partial charge in [-0.3, -0.25) is 14.9 Å². The van der Waals surface area contributed by atoms with E-state index in [1.165, 1.54) is 12.1 Å². The molecule has 2 aromatic rings. The van der Waals surface area contributed by atoms with Crippen LogP contribution in [0.15, 0.2) is 46.9 Å². The van der Waals surface area contributed by atoms with E-state index in [2.05, 4.69) is 0 Å². The van der Waals surface area contributed by atoms with E-state index in [9.17, 15) is 20.0 Å². The fourth-order valence-electron chi connectivity index (χ4n) is 3.10. The molecule has 1 amide bonds. The number of nitro groups is 1. The molecule has 1 aromatic heterocycles. The van der Waals surface area contributed by atoms with Gasteiger partial charge in [-0.05, 0) is 30.9 Å². The van der Waals surface area contributed by atoms with Crippen LogP contribution in [0.5, 0.6) is 0 Å². The fraction of sp³-hybridized carbons (Fsp3) is 0.353. The lowest BCUT2D eigenvalue weighted by Crippen LogP contribution is -2.36. The third-order valence-electron chi connectivity index (χ3n) is 4.30. The van der Waals surface area contributed by atoms with Crippen molar-refractivity contribution in [3.8, 4) is 0 Å². The third kappa shape index (κ3) is 3.30. The predicted octanol–water partition coefficient (Wildman–Crippen LogP) is 2.92. The second-order valence-corrected chi connectivity index (χ2v) is 5.85. The Bertz CT molecular complexity index is 728. The third-order valence-corrected chi connectivity index (χ3v) is 4.30. The highest BCUT2D eigenvalue weighted by Crippen LogP contribution is 2.29. The topological polar surface area (TPSA) is 96.8 Å². The highest BCUT2D eigenvalue weighted by Gasteiger charge is 2.33. The number of aliphatic hydroxyl groups excluding tert-OH is 1. The van der Waals surface area contributed by atoms with Crippen LogP contribution in [-0.4, -0.2) is 33.4 Å². The second kappa shape index (κ2) is 6.84. The van der Waals surface area contributed by atoms with Crippen LogP contribution >= 0.6 is 0 Å². The molecule has 1 aliphatic rings. The molecule has 126 valence electrons. The molecule has 1 aromatic carbocycles. The molecule has 1 saturated heterocycles. The van der Waals surface area contributed by atoms with Crippen LogP contribution in [0.25, 0.3) is 0 Å². The average Bonchev–Trinajstić information content (AvgIpc) is 3.24. The van der Waals surface area contributed by atoms with Crippen molar-refractivity contribution < 1.29 is 19.2 Å². The van der Waals surface area contributed by atoms with Gasteiger partial charge in [0.25, 0.3) is 5.91 Å². The maximum atomic E-state index is 12.5. The van der Waals surface area contributed by atoms with Gasteiger partial charge in [0, 0.05) is 12.6 Å². The van der Waals surface area contributed by atoms with Crippen LogP contribution in [0.4, 0.5) is 5.88 Å². The number of hydrogen-bond donors (Lipinski definition) is 1. The number of furan rings is 1. The van der Waals surface area contributed by atoms with Gasteiger partial charge >= 0.3 is 5.88 Å². The molecule has 2 heterocycles. The summed E-state index contributed by atoms with van der Waals surface area (Å²) in [5.74, 6) is -0.855. The predicted molar refractivity (Wildman–Crippen MR) is 85.4 cm³/mol. The lowest BCUT2D eigenvalue weighted by Gasteiger charge is -2.26. The Balaban J connectivity index is 1.70. The van der Waals surface area contributed by atoms with E-state index in [4.69, 9.17) is 4.42 Å².